The van der Waals surface area contributed by atoms with Gasteiger partial charge in [0.25, 0.3) is 0 Å². The number of carbonyl (C=O) groups is 1. The molecule has 0 fully saturated rings. The quantitative estimate of drug-likeness (QED) is 0.526. The van der Waals surface area contributed by atoms with Gasteiger partial charge >= 0.3 is 11.6 Å². The minimum absolute atomic E-state index is 0.0585. The molecule has 0 aliphatic carbocycles. The standard InChI is InChI=1S/C18H17ClN2O4/c1-4-11-5-16-13(7-15(11)19)12(6-17(22)25-16)9-24-18(23)14-8-20-21(3)10(14)2/h5-8H,4,9H2,1-3H3. The van der Waals surface area contributed by atoms with Gasteiger partial charge in [-0.2, -0.15) is 5.10 Å². The second-order valence-corrected chi connectivity index (χ2v) is 6.13. The van der Waals surface area contributed by atoms with E-state index in [1.807, 2.05) is 6.92 Å². The molecule has 1 aromatic carbocycles. The number of aromatic nitrogens is 2. The molecule has 7 heteroatoms. The van der Waals surface area contributed by atoms with Gasteiger partial charge in [0.15, 0.2) is 0 Å². The van der Waals surface area contributed by atoms with Crippen LogP contribution in [0.4, 0.5) is 0 Å². The van der Waals surface area contributed by atoms with Gasteiger partial charge in [-0.15, -0.1) is 0 Å². The Morgan fingerprint density at radius 2 is 2.08 bits per heavy atom. The highest BCUT2D eigenvalue weighted by Gasteiger charge is 2.16. The van der Waals surface area contributed by atoms with E-state index in [1.54, 1.807) is 30.8 Å². The summed E-state index contributed by atoms with van der Waals surface area (Å²) in [5.41, 5.74) is 2.46. The Balaban J connectivity index is 1.93. The fourth-order valence-electron chi connectivity index (χ4n) is 2.60. The van der Waals surface area contributed by atoms with Crippen LogP contribution in [-0.4, -0.2) is 15.7 Å². The Hall–Kier alpha value is -2.60. The van der Waals surface area contributed by atoms with E-state index in [0.29, 0.717) is 32.8 Å². The molecule has 0 aliphatic rings. The van der Waals surface area contributed by atoms with Gasteiger partial charge in [-0.1, -0.05) is 18.5 Å². The van der Waals surface area contributed by atoms with E-state index >= 15 is 0 Å². The molecule has 6 nitrogen and oxygen atoms in total. The van der Waals surface area contributed by atoms with E-state index in [1.165, 1.54) is 12.3 Å². The lowest BCUT2D eigenvalue weighted by molar-refractivity contribution is 0.0473. The minimum Gasteiger partial charge on any atom is -0.457 e. The number of benzene rings is 1. The van der Waals surface area contributed by atoms with Crippen LogP contribution in [-0.2, 0) is 24.8 Å². The van der Waals surface area contributed by atoms with Crippen molar-refractivity contribution in [1.82, 2.24) is 9.78 Å². The third kappa shape index (κ3) is 3.30. The van der Waals surface area contributed by atoms with E-state index in [4.69, 9.17) is 20.8 Å². The van der Waals surface area contributed by atoms with Crippen LogP contribution in [0.2, 0.25) is 5.02 Å². The monoisotopic (exact) mass is 360 g/mol. The molecule has 0 N–H and O–H groups in total. The van der Waals surface area contributed by atoms with Crippen molar-refractivity contribution in [3.8, 4) is 0 Å². The van der Waals surface area contributed by atoms with Crippen LogP contribution in [0.5, 0.6) is 0 Å². The molecule has 0 saturated carbocycles. The van der Waals surface area contributed by atoms with Crippen molar-refractivity contribution in [1.29, 1.82) is 0 Å². The molecule has 2 aromatic heterocycles. The van der Waals surface area contributed by atoms with Crippen molar-refractivity contribution in [2.75, 3.05) is 0 Å². The predicted molar refractivity (Wildman–Crippen MR) is 93.9 cm³/mol. The first-order chi connectivity index (χ1) is 11.9. The molecule has 0 spiro atoms. The molecule has 0 bridgehead atoms. The molecule has 130 valence electrons. The van der Waals surface area contributed by atoms with Gasteiger partial charge in [-0.05, 0) is 31.0 Å². The molecule has 2 heterocycles. The second-order valence-electron chi connectivity index (χ2n) is 5.73. The van der Waals surface area contributed by atoms with E-state index in [9.17, 15) is 9.59 Å². The maximum Gasteiger partial charge on any atom is 0.341 e. The zero-order valence-electron chi connectivity index (χ0n) is 14.1. The summed E-state index contributed by atoms with van der Waals surface area (Å²) >= 11 is 6.26. The fourth-order valence-corrected chi connectivity index (χ4v) is 2.90. The first kappa shape index (κ1) is 17.2. The van der Waals surface area contributed by atoms with Crippen molar-refractivity contribution < 1.29 is 13.9 Å². The molecule has 3 aromatic rings. The van der Waals surface area contributed by atoms with Gasteiger partial charge in [0.1, 0.15) is 17.8 Å². The molecule has 0 saturated heterocycles. The molecule has 0 radical (unpaired) electrons. The number of fused-ring (bicyclic) bond motifs is 1. The zero-order valence-corrected chi connectivity index (χ0v) is 14.9. The van der Waals surface area contributed by atoms with E-state index < -0.39 is 11.6 Å². The summed E-state index contributed by atoms with van der Waals surface area (Å²) in [5, 5.41) is 5.25. The van der Waals surface area contributed by atoms with Crippen molar-refractivity contribution in [2.24, 2.45) is 7.05 Å². The summed E-state index contributed by atoms with van der Waals surface area (Å²) in [5.74, 6) is -0.497. The van der Waals surface area contributed by atoms with Gasteiger partial charge < -0.3 is 9.15 Å². The highest BCUT2D eigenvalue weighted by Crippen LogP contribution is 2.26. The van der Waals surface area contributed by atoms with Crippen LogP contribution in [0.15, 0.2) is 33.6 Å². The van der Waals surface area contributed by atoms with Crippen molar-refractivity contribution >= 4 is 28.5 Å². The fraction of sp³-hybridized carbons (Fsp3) is 0.278. The summed E-state index contributed by atoms with van der Waals surface area (Å²) in [6.45, 7) is 3.69. The molecular formula is C18H17ClN2O4. The van der Waals surface area contributed by atoms with E-state index in [0.717, 1.165) is 12.0 Å². The number of aryl methyl sites for hydroxylation is 2. The molecule has 0 aliphatic heterocycles. The molecule has 0 atom stereocenters. The normalized spacial score (nSPS) is 11.0. The van der Waals surface area contributed by atoms with Crippen LogP contribution in [0.3, 0.4) is 0 Å². The maximum absolute atomic E-state index is 12.2. The first-order valence-corrected chi connectivity index (χ1v) is 8.19. The lowest BCUT2D eigenvalue weighted by Gasteiger charge is -2.09. The number of ether oxygens (including phenoxy) is 1. The average Bonchev–Trinajstić information content (AvgIpc) is 2.91. The Morgan fingerprint density at radius 3 is 2.72 bits per heavy atom. The van der Waals surface area contributed by atoms with Gasteiger partial charge in [0, 0.05) is 34.8 Å². The number of halogens is 1. The van der Waals surface area contributed by atoms with Gasteiger partial charge in [-0.25, -0.2) is 9.59 Å². The van der Waals surface area contributed by atoms with Gasteiger partial charge in [0.2, 0.25) is 0 Å². The molecule has 0 unspecified atom stereocenters. The minimum atomic E-state index is -0.500. The van der Waals surface area contributed by atoms with Gasteiger partial charge in [0.05, 0.1) is 6.20 Å². The Bertz CT molecular complexity index is 1020. The van der Waals surface area contributed by atoms with Crippen molar-refractivity contribution in [3.63, 3.8) is 0 Å². The largest absolute Gasteiger partial charge is 0.457 e. The summed E-state index contributed by atoms with van der Waals surface area (Å²) in [4.78, 5) is 24.0. The second kappa shape index (κ2) is 6.72. The number of rotatable bonds is 4. The number of hydrogen-bond acceptors (Lipinski definition) is 5. The molecule has 25 heavy (non-hydrogen) atoms. The zero-order chi connectivity index (χ0) is 18.1. The van der Waals surface area contributed by atoms with Crippen LogP contribution in [0.1, 0.15) is 34.1 Å². The van der Waals surface area contributed by atoms with E-state index in [-0.39, 0.29) is 6.61 Å². The summed E-state index contributed by atoms with van der Waals surface area (Å²) in [6, 6.07) is 4.79. The predicted octanol–water partition coefficient (Wildman–Crippen LogP) is 3.41. The molecule has 0 amide bonds. The number of nitrogens with zero attached hydrogens (tertiary/aromatic N) is 2. The Labute approximate surface area is 149 Å². The molecule has 3 rings (SSSR count). The van der Waals surface area contributed by atoms with Crippen molar-refractivity contribution in [3.05, 3.63) is 62.2 Å². The lowest BCUT2D eigenvalue weighted by atomic mass is 10.1. The van der Waals surface area contributed by atoms with Crippen LogP contribution in [0.25, 0.3) is 11.0 Å². The Kier molecular flexibility index (Phi) is 4.63. The third-order valence-corrected chi connectivity index (χ3v) is 4.54. The smallest absolute Gasteiger partial charge is 0.341 e. The topological polar surface area (TPSA) is 74.3 Å². The average molecular weight is 361 g/mol. The number of carbonyl (C=O) groups excluding carboxylic acids is 1. The summed E-state index contributed by atoms with van der Waals surface area (Å²) < 4.78 is 12.2. The third-order valence-electron chi connectivity index (χ3n) is 4.19. The Morgan fingerprint density at radius 1 is 1.32 bits per heavy atom. The number of hydrogen-bond donors (Lipinski definition) is 0. The highest BCUT2D eigenvalue weighted by atomic mass is 35.5. The highest BCUT2D eigenvalue weighted by molar-refractivity contribution is 6.32. The van der Waals surface area contributed by atoms with Gasteiger partial charge in [-0.3, -0.25) is 4.68 Å². The van der Waals surface area contributed by atoms with Crippen molar-refractivity contribution in [2.45, 2.75) is 26.9 Å². The summed E-state index contributed by atoms with van der Waals surface area (Å²) in [6.07, 6.45) is 2.18. The lowest BCUT2D eigenvalue weighted by Crippen LogP contribution is -2.09. The SMILES string of the molecule is CCc1cc2oc(=O)cc(COC(=O)c3cnn(C)c3C)c2cc1Cl. The van der Waals surface area contributed by atoms with Crippen LogP contribution < -0.4 is 5.63 Å². The maximum atomic E-state index is 12.2. The van der Waals surface area contributed by atoms with Crippen LogP contribution in [0, 0.1) is 6.92 Å². The number of esters is 1. The molecular weight excluding hydrogens is 344 g/mol. The summed E-state index contributed by atoms with van der Waals surface area (Å²) in [7, 11) is 1.75. The van der Waals surface area contributed by atoms with Crippen LogP contribution >= 0.6 is 11.6 Å². The first-order valence-electron chi connectivity index (χ1n) is 7.81. The van der Waals surface area contributed by atoms with E-state index in [2.05, 4.69) is 5.10 Å².